The summed E-state index contributed by atoms with van der Waals surface area (Å²) in [5.41, 5.74) is -1.10. The summed E-state index contributed by atoms with van der Waals surface area (Å²) < 4.78 is 58.1. The van der Waals surface area contributed by atoms with Crippen molar-refractivity contribution >= 4 is 14.3 Å². The molecular formula is C21H40F2O2P2. The molecule has 160 valence electrons. The Morgan fingerprint density at radius 3 is 1.52 bits per heavy atom. The smallest absolute Gasteiger partial charge is 0.110 e. The van der Waals surface area contributed by atoms with E-state index in [1.807, 2.05) is 0 Å². The highest BCUT2D eigenvalue weighted by Crippen LogP contribution is 2.71. The minimum Gasteiger partial charge on any atom is -0.323 e. The molecule has 0 aliphatic heterocycles. The van der Waals surface area contributed by atoms with Gasteiger partial charge in [-0.2, -0.15) is 0 Å². The summed E-state index contributed by atoms with van der Waals surface area (Å²) in [6.45, 7) is 4.14. The minimum atomic E-state index is -3.20. The first-order valence-electron chi connectivity index (χ1n) is 11.3. The summed E-state index contributed by atoms with van der Waals surface area (Å²) in [4.78, 5) is 0. The van der Waals surface area contributed by atoms with E-state index in [9.17, 15) is 17.9 Å². The van der Waals surface area contributed by atoms with Crippen molar-refractivity contribution in [2.75, 3.05) is 18.2 Å². The first-order valence-corrected chi connectivity index (χ1v) is 15.6. The Hall–Kier alpha value is 0.320. The molecule has 0 N–H and O–H groups in total. The topological polar surface area (TPSA) is 34.1 Å². The van der Waals surface area contributed by atoms with Crippen LogP contribution in [0, 0.1) is 0 Å². The fraction of sp³-hybridized carbons (Fsp3) is 1.00. The van der Waals surface area contributed by atoms with Gasteiger partial charge in [-0.05, 0) is 38.5 Å². The number of alkyl halides is 2. The lowest BCUT2D eigenvalue weighted by molar-refractivity contribution is 0.232. The predicted octanol–water partition coefficient (Wildman–Crippen LogP) is 7.83. The molecule has 27 heavy (non-hydrogen) atoms. The molecule has 2 aliphatic rings. The van der Waals surface area contributed by atoms with Crippen LogP contribution in [0.3, 0.4) is 0 Å². The van der Waals surface area contributed by atoms with E-state index in [4.69, 9.17) is 0 Å². The van der Waals surface area contributed by atoms with Gasteiger partial charge in [0.15, 0.2) is 0 Å². The quantitative estimate of drug-likeness (QED) is 0.335. The van der Waals surface area contributed by atoms with Gasteiger partial charge in [0.25, 0.3) is 0 Å². The summed E-state index contributed by atoms with van der Waals surface area (Å²) in [5, 5.41) is 0. The van der Waals surface area contributed by atoms with Gasteiger partial charge in [0.2, 0.25) is 0 Å². The van der Waals surface area contributed by atoms with Crippen LogP contribution in [0.1, 0.15) is 90.9 Å². The molecule has 2 fully saturated rings. The Labute approximate surface area is 165 Å². The summed E-state index contributed by atoms with van der Waals surface area (Å²) >= 11 is 0. The van der Waals surface area contributed by atoms with Crippen molar-refractivity contribution in [2.45, 2.75) is 115 Å². The van der Waals surface area contributed by atoms with E-state index in [-0.39, 0.29) is 5.90 Å². The van der Waals surface area contributed by atoms with Crippen LogP contribution < -0.4 is 0 Å². The number of rotatable bonds is 10. The Balaban J connectivity index is 2.34. The fourth-order valence-electron chi connectivity index (χ4n) is 5.12. The third kappa shape index (κ3) is 6.15. The number of unbranched alkanes of at least 4 members (excludes halogenated alkanes) is 2. The third-order valence-electron chi connectivity index (χ3n) is 6.73. The van der Waals surface area contributed by atoms with Crippen LogP contribution in [0.25, 0.3) is 0 Å². The van der Waals surface area contributed by atoms with Gasteiger partial charge in [0.05, 0.1) is 13.0 Å². The van der Waals surface area contributed by atoms with Crippen LogP contribution in [0.5, 0.6) is 0 Å². The van der Waals surface area contributed by atoms with Gasteiger partial charge in [-0.3, -0.25) is 0 Å². The second-order valence-electron chi connectivity index (χ2n) is 8.94. The third-order valence-corrected chi connectivity index (χ3v) is 16.2. The molecule has 0 aromatic heterocycles. The van der Waals surface area contributed by atoms with E-state index in [0.717, 1.165) is 51.4 Å². The maximum atomic E-state index is 14.9. The lowest BCUT2D eigenvalue weighted by atomic mass is 9.98. The largest absolute Gasteiger partial charge is 0.323 e. The van der Waals surface area contributed by atoms with Crippen molar-refractivity contribution in [1.82, 2.24) is 0 Å². The van der Waals surface area contributed by atoms with Crippen molar-refractivity contribution in [1.29, 1.82) is 0 Å². The first-order chi connectivity index (χ1) is 12.9. The fourth-order valence-corrected chi connectivity index (χ4v) is 16.3. The molecule has 2 nitrogen and oxygen atoms in total. The Morgan fingerprint density at radius 1 is 0.741 bits per heavy atom. The molecule has 0 heterocycles. The zero-order chi connectivity index (χ0) is 19.9. The highest BCUT2D eigenvalue weighted by atomic mass is 31.2. The lowest BCUT2D eigenvalue weighted by Gasteiger charge is -2.42. The molecule has 0 aromatic rings. The minimum absolute atomic E-state index is 0.135. The van der Waals surface area contributed by atoms with E-state index < -0.39 is 37.9 Å². The van der Waals surface area contributed by atoms with Crippen molar-refractivity contribution < 1.29 is 17.9 Å². The second kappa shape index (κ2) is 10.9. The SMILES string of the molecule is CCCCP(=O)(CCCC)CP(=O)(C1CCCCC1F)C1CCCCC1F. The molecule has 0 bridgehead atoms. The molecule has 0 spiro atoms. The molecule has 2 saturated carbocycles. The normalized spacial score (nSPS) is 32.1. The summed E-state index contributed by atoms with van der Waals surface area (Å²) in [5.74, 6) is 0.135. The van der Waals surface area contributed by atoms with E-state index in [1.54, 1.807) is 0 Å². The maximum Gasteiger partial charge on any atom is 0.110 e. The lowest BCUT2D eigenvalue weighted by Crippen LogP contribution is -2.37. The molecule has 0 saturated heterocycles. The van der Waals surface area contributed by atoms with Crippen LogP contribution in [0.4, 0.5) is 8.78 Å². The Kier molecular flexibility index (Phi) is 9.54. The highest BCUT2D eigenvalue weighted by molar-refractivity contribution is 7.81. The van der Waals surface area contributed by atoms with Gasteiger partial charge in [-0.1, -0.05) is 52.4 Å². The Morgan fingerprint density at radius 2 is 1.15 bits per heavy atom. The molecule has 6 heteroatoms. The molecule has 0 aromatic carbocycles. The predicted molar refractivity (Wildman–Crippen MR) is 114 cm³/mol. The van der Waals surface area contributed by atoms with Gasteiger partial charge in [-0.15, -0.1) is 0 Å². The maximum absolute atomic E-state index is 14.9. The first kappa shape index (κ1) is 23.6. The van der Waals surface area contributed by atoms with Crippen LogP contribution in [-0.2, 0) is 9.13 Å². The molecule has 2 aliphatic carbocycles. The van der Waals surface area contributed by atoms with Crippen molar-refractivity contribution in [3.8, 4) is 0 Å². The number of halogens is 2. The van der Waals surface area contributed by atoms with Gasteiger partial charge < -0.3 is 9.13 Å². The monoisotopic (exact) mass is 424 g/mol. The molecule has 0 radical (unpaired) electrons. The van der Waals surface area contributed by atoms with E-state index in [1.165, 1.54) is 0 Å². The second-order valence-corrected chi connectivity index (χ2v) is 16.1. The highest BCUT2D eigenvalue weighted by Gasteiger charge is 2.51. The molecular weight excluding hydrogens is 384 g/mol. The number of hydrogen-bond acceptors (Lipinski definition) is 2. The molecule has 4 unspecified atom stereocenters. The van der Waals surface area contributed by atoms with Crippen LogP contribution in [-0.4, -0.2) is 41.9 Å². The van der Waals surface area contributed by atoms with Crippen LogP contribution >= 0.6 is 14.3 Å². The summed E-state index contributed by atoms with van der Waals surface area (Å²) in [6, 6.07) is 0. The van der Waals surface area contributed by atoms with Crippen molar-refractivity contribution in [3.05, 3.63) is 0 Å². The zero-order valence-corrected chi connectivity index (χ0v) is 19.2. The summed E-state index contributed by atoms with van der Waals surface area (Å²) in [7, 11) is -5.85. The van der Waals surface area contributed by atoms with Gasteiger partial charge >= 0.3 is 0 Å². The van der Waals surface area contributed by atoms with Gasteiger partial charge in [0.1, 0.15) is 19.5 Å². The average molecular weight is 424 g/mol. The zero-order valence-electron chi connectivity index (χ0n) is 17.4. The average Bonchev–Trinajstić information content (AvgIpc) is 2.65. The van der Waals surface area contributed by atoms with Crippen LogP contribution in [0.2, 0.25) is 0 Å². The molecule has 0 amide bonds. The van der Waals surface area contributed by atoms with Gasteiger partial charge in [0, 0.05) is 23.6 Å². The van der Waals surface area contributed by atoms with E-state index in [0.29, 0.717) is 38.0 Å². The molecule has 2 rings (SSSR count). The summed E-state index contributed by atoms with van der Waals surface area (Å²) in [6.07, 6.45) is 8.02. The number of hydrogen-bond donors (Lipinski definition) is 0. The standard InChI is InChI=1S/C21H40F2O2P2/c1-3-5-15-26(24,16-6-4-2)17-27(25,20-13-9-7-11-18(20)22)21-14-10-8-12-19(21)23/h18-21H,3-17H2,1-2H3. The van der Waals surface area contributed by atoms with Crippen molar-refractivity contribution in [3.63, 3.8) is 0 Å². The Bertz CT molecular complexity index is 502. The van der Waals surface area contributed by atoms with Crippen molar-refractivity contribution in [2.24, 2.45) is 0 Å². The van der Waals surface area contributed by atoms with Gasteiger partial charge in [-0.25, -0.2) is 8.78 Å². The van der Waals surface area contributed by atoms with E-state index in [2.05, 4.69) is 13.8 Å². The molecule has 4 atom stereocenters. The van der Waals surface area contributed by atoms with E-state index >= 15 is 0 Å². The van der Waals surface area contributed by atoms with Crippen LogP contribution in [0.15, 0.2) is 0 Å².